The molecule has 4 fully saturated rings. The molecule has 0 radical (unpaired) electrons. The summed E-state index contributed by atoms with van der Waals surface area (Å²) in [5.41, 5.74) is 1.27. The summed E-state index contributed by atoms with van der Waals surface area (Å²) in [6.45, 7) is 7.07. The van der Waals surface area contributed by atoms with Gasteiger partial charge in [0.15, 0.2) is 5.78 Å². The summed E-state index contributed by atoms with van der Waals surface area (Å²) >= 11 is 5.97. The number of carbonyl (C=O) groups excluding carboxylic acids is 7. The van der Waals surface area contributed by atoms with Crippen molar-refractivity contribution in [1.29, 1.82) is 0 Å². The summed E-state index contributed by atoms with van der Waals surface area (Å²) in [4.78, 5) is 99.4. The quantitative estimate of drug-likeness (QED) is 0.183. The molecule has 0 unspecified atom stereocenters. The number of Topliss-reactive ketones (excluding diaryl/α,β-unsaturated/α-hetero) is 1. The highest BCUT2D eigenvalue weighted by atomic mass is 35.5. The molecule has 16 nitrogen and oxygen atoms in total. The predicted octanol–water partition coefficient (Wildman–Crippen LogP) is 1.67. The Hall–Kier alpha value is -5.06. The summed E-state index contributed by atoms with van der Waals surface area (Å²) in [6, 6.07) is 7.05. The van der Waals surface area contributed by atoms with E-state index in [0.29, 0.717) is 49.4 Å². The van der Waals surface area contributed by atoms with Crippen LogP contribution < -0.4 is 21.3 Å². The Morgan fingerprint density at radius 1 is 0.932 bits per heavy atom. The maximum absolute atomic E-state index is 14.3. The molecule has 0 bridgehead atoms. The van der Waals surface area contributed by atoms with Crippen LogP contribution in [0.25, 0.3) is 0 Å². The number of hydrogen-bond donors (Lipinski definition) is 6. The van der Waals surface area contributed by atoms with E-state index < -0.39 is 77.6 Å². The molecule has 1 saturated carbocycles. The number of piperidine rings is 1. The Bertz CT molecular complexity index is 1960. The Kier molecular flexibility index (Phi) is 13.3. The fourth-order valence-electron chi connectivity index (χ4n) is 8.71. The molecule has 3 saturated heterocycles. The second kappa shape index (κ2) is 18.1. The normalized spacial score (nSPS) is 25.8. The van der Waals surface area contributed by atoms with E-state index in [1.165, 1.54) is 11.8 Å². The molecule has 6 rings (SSSR count). The van der Waals surface area contributed by atoms with Crippen LogP contribution in [0.4, 0.5) is 10.5 Å². The molecule has 1 aliphatic carbocycles. The van der Waals surface area contributed by atoms with Crippen molar-refractivity contribution in [3.63, 3.8) is 0 Å². The summed E-state index contributed by atoms with van der Waals surface area (Å²) in [6.07, 6.45) is -0.259. The molecule has 3 heterocycles. The SMILES string of the molecule is Cc1cccc(C[C@H](NC(=O)Nc2ccc(Cl)cc2)C(=O)N[C@H](C(=O)N2C[C@H](O)C[C@H]2C(=O)N2CCCC[C@H]2C(=O)N[C@@H](C)C(=O)N2C[C@@H](C)C[C@@]23CC3=O)[C@H](C)O)c1. The minimum absolute atomic E-state index is 0.0180. The van der Waals surface area contributed by atoms with Gasteiger partial charge in [0.05, 0.1) is 12.2 Å². The molecule has 7 amide bonds. The molecular weight excluding hydrogens is 782 g/mol. The van der Waals surface area contributed by atoms with Gasteiger partial charge in [-0.05, 0) is 82.2 Å². The third-order valence-electron chi connectivity index (χ3n) is 11.8. The first kappa shape index (κ1) is 43.5. The van der Waals surface area contributed by atoms with Crippen molar-refractivity contribution in [3.8, 4) is 0 Å². The number of aliphatic hydroxyl groups is 2. The molecule has 6 N–H and O–H groups in total. The average Bonchev–Trinajstić information content (AvgIpc) is 3.47. The summed E-state index contributed by atoms with van der Waals surface area (Å²) in [5.74, 6) is -2.93. The lowest BCUT2D eigenvalue weighted by atomic mass is 9.98. The van der Waals surface area contributed by atoms with Crippen molar-refractivity contribution < 1.29 is 43.8 Å². The highest BCUT2D eigenvalue weighted by Gasteiger charge is 2.63. The molecule has 59 heavy (non-hydrogen) atoms. The third kappa shape index (κ3) is 9.88. The van der Waals surface area contributed by atoms with Crippen LogP contribution in [-0.2, 0) is 35.2 Å². The van der Waals surface area contributed by atoms with Crippen LogP contribution in [0.2, 0.25) is 5.02 Å². The standard InChI is InChI=1S/C42H54ClN7O9/c1-23-8-7-9-27(16-23)17-31(46-41(59)45-29-13-11-28(43)12-14-29)36(54)47-35(26(4)51)40(58)49-22-30(52)18-33(49)39(57)48-15-6-5-10-32(48)37(55)44-25(3)38(56)50-21-24(2)19-42(50)20-34(42)53/h7-9,11-14,16,24-26,30-33,35,51-52H,5-6,10,15,17-22H2,1-4H3,(H,44,55)(H,47,54)(H2,45,46,59)/t24-,25-,26-,30+,31-,32-,33-,35-,42-/m0/s1. The fraction of sp³-hybridized carbons (Fsp3) is 0.548. The summed E-state index contributed by atoms with van der Waals surface area (Å²) in [7, 11) is 0. The van der Waals surface area contributed by atoms with Gasteiger partial charge in [-0.25, -0.2) is 4.79 Å². The van der Waals surface area contributed by atoms with Crippen LogP contribution in [0.5, 0.6) is 0 Å². The number of urea groups is 1. The zero-order chi connectivity index (χ0) is 42.8. The number of benzene rings is 2. The average molecular weight is 836 g/mol. The highest BCUT2D eigenvalue weighted by molar-refractivity contribution is 6.30. The molecule has 9 atom stereocenters. The van der Waals surface area contributed by atoms with Gasteiger partial charge in [-0.2, -0.15) is 0 Å². The zero-order valence-corrected chi connectivity index (χ0v) is 34.5. The number of nitrogens with one attached hydrogen (secondary N) is 4. The second-order valence-corrected chi connectivity index (χ2v) is 17.1. The number of ketones is 1. The molecule has 2 aromatic carbocycles. The second-order valence-electron chi connectivity index (χ2n) is 16.6. The van der Waals surface area contributed by atoms with Gasteiger partial charge in [-0.15, -0.1) is 0 Å². The first-order valence-corrected chi connectivity index (χ1v) is 20.7. The number of anilines is 1. The minimum atomic E-state index is -1.58. The fourth-order valence-corrected chi connectivity index (χ4v) is 8.84. The van der Waals surface area contributed by atoms with E-state index in [9.17, 15) is 43.8 Å². The van der Waals surface area contributed by atoms with Crippen molar-refractivity contribution >= 4 is 58.6 Å². The van der Waals surface area contributed by atoms with Crippen molar-refractivity contribution in [2.45, 2.75) is 121 Å². The minimum Gasteiger partial charge on any atom is -0.391 e. The number of aryl methyl sites for hydroxylation is 1. The number of rotatable bonds is 12. The van der Waals surface area contributed by atoms with Crippen LogP contribution in [0.1, 0.15) is 70.4 Å². The van der Waals surface area contributed by atoms with E-state index in [4.69, 9.17) is 11.6 Å². The van der Waals surface area contributed by atoms with Gasteiger partial charge >= 0.3 is 6.03 Å². The van der Waals surface area contributed by atoms with Crippen molar-refractivity contribution in [2.24, 2.45) is 5.92 Å². The Balaban J connectivity index is 1.15. The molecule has 0 aromatic heterocycles. The van der Waals surface area contributed by atoms with Crippen LogP contribution in [-0.4, -0.2) is 134 Å². The van der Waals surface area contributed by atoms with Gasteiger partial charge < -0.3 is 46.2 Å². The van der Waals surface area contributed by atoms with Gasteiger partial charge in [-0.3, -0.25) is 28.8 Å². The third-order valence-corrected chi connectivity index (χ3v) is 12.0. The van der Waals surface area contributed by atoms with E-state index in [1.54, 1.807) is 42.2 Å². The van der Waals surface area contributed by atoms with E-state index >= 15 is 0 Å². The number of aliphatic hydroxyl groups excluding tert-OH is 2. The highest BCUT2D eigenvalue weighted by Crippen LogP contribution is 2.48. The van der Waals surface area contributed by atoms with Gasteiger partial charge in [0.1, 0.15) is 35.7 Å². The molecule has 2 aromatic rings. The number of likely N-dealkylation sites (tertiary alicyclic amines) is 3. The number of halogens is 1. The lowest BCUT2D eigenvalue weighted by molar-refractivity contribution is -0.152. The van der Waals surface area contributed by atoms with E-state index in [0.717, 1.165) is 16.0 Å². The molecule has 3 aliphatic heterocycles. The first-order valence-electron chi connectivity index (χ1n) is 20.3. The smallest absolute Gasteiger partial charge is 0.319 e. The summed E-state index contributed by atoms with van der Waals surface area (Å²) in [5, 5.41) is 32.8. The van der Waals surface area contributed by atoms with E-state index in [-0.39, 0.29) is 43.5 Å². The van der Waals surface area contributed by atoms with Crippen LogP contribution in [0.3, 0.4) is 0 Å². The van der Waals surface area contributed by atoms with Gasteiger partial charge in [0.2, 0.25) is 29.5 Å². The van der Waals surface area contributed by atoms with E-state index in [2.05, 4.69) is 21.3 Å². The topological polar surface area (TPSA) is 218 Å². The number of amides is 7. The van der Waals surface area contributed by atoms with Crippen LogP contribution in [0, 0.1) is 12.8 Å². The number of carbonyl (C=O) groups is 7. The van der Waals surface area contributed by atoms with E-state index in [1.807, 2.05) is 32.0 Å². The maximum Gasteiger partial charge on any atom is 0.319 e. The molecule has 17 heteroatoms. The van der Waals surface area contributed by atoms with Crippen LogP contribution in [0.15, 0.2) is 48.5 Å². The Labute approximate surface area is 348 Å². The monoisotopic (exact) mass is 835 g/mol. The van der Waals surface area contributed by atoms with Gasteiger partial charge in [0, 0.05) is 49.6 Å². The van der Waals surface area contributed by atoms with Gasteiger partial charge in [-0.1, -0.05) is 48.4 Å². The Morgan fingerprint density at radius 3 is 2.31 bits per heavy atom. The molecule has 4 aliphatic rings. The first-order chi connectivity index (χ1) is 28.0. The lowest BCUT2D eigenvalue weighted by Crippen LogP contribution is -2.62. The number of hydrogen-bond acceptors (Lipinski definition) is 9. The molecule has 1 spiro atoms. The van der Waals surface area contributed by atoms with Crippen molar-refractivity contribution in [2.75, 3.05) is 25.0 Å². The van der Waals surface area contributed by atoms with Gasteiger partial charge in [0.25, 0.3) is 0 Å². The number of β-amino-alcohol motifs (C(OH)–C–C–N with tert-alkyl or cyclic N) is 1. The Morgan fingerprint density at radius 2 is 1.64 bits per heavy atom. The summed E-state index contributed by atoms with van der Waals surface area (Å²) < 4.78 is 0. The van der Waals surface area contributed by atoms with Crippen molar-refractivity contribution in [3.05, 3.63) is 64.7 Å². The largest absolute Gasteiger partial charge is 0.391 e. The van der Waals surface area contributed by atoms with Crippen LogP contribution >= 0.6 is 11.6 Å². The predicted molar refractivity (Wildman–Crippen MR) is 217 cm³/mol. The zero-order valence-electron chi connectivity index (χ0n) is 33.8. The molecule has 318 valence electrons. The number of nitrogens with zero attached hydrogens (tertiary/aromatic N) is 3. The lowest BCUT2D eigenvalue weighted by Gasteiger charge is -2.39. The maximum atomic E-state index is 14.3. The molecular formula is C42H54ClN7O9. The van der Waals surface area contributed by atoms with Crippen molar-refractivity contribution in [1.82, 2.24) is 30.7 Å².